The second-order valence-electron chi connectivity index (χ2n) is 4.08. The summed E-state index contributed by atoms with van der Waals surface area (Å²) in [5.41, 5.74) is 0.804. The van der Waals surface area contributed by atoms with Crippen molar-refractivity contribution in [3.05, 3.63) is 24.3 Å². The molecule has 0 unspecified atom stereocenters. The molecule has 1 aliphatic heterocycles. The van der Waals surface area contributed by atoms with Crippen LogP contribution in [0.5, 0.6) is 5.75 Å². The van der Waals surface area contributed by atoms with Gasteiger partial charge in [-0.3, -0.25) is 0 Å². The van der Waals surface area contributed by atoms with Gasteiger partial charge in [0.1, 0.15) is 5.75 Å². The Hall–Kier alpha value is -1.32. The Balaban J connectivity index is 2.16. The van der Waals surface area contributed by atoms with Crippen LogP contribution in [0.15, 0.2) is 24.3 Å². The van der Waals surface area contributed by atoms with Gasteiger partial charge in [-0.2, -0.15) is 0 Å². The summed E-state index contributed by atoms with van der Waals surface area (Å²) in [6.45, 7) is 0.489. The highest BCUT2D eigenvalue weighted by molar-refractivity contribution is 5.51. The first kappa shape index (κ1) is 11.2. The summed E-state index contributed by atoms with van der Waals surface area (Å²) in [6, 6.07) is 7.26. The molecule has 1 aromatic rings. The molecule has 0 aromatic heterocycles. The van der Waals surface area contributed by atoms with Gasteiger partial charge < -0.3 is 9.64 Å². The summed E-state index contributed by atoms with van der Waals surface area (Å²) in [6.07, 6.45) is 0.525. The van der Waals surface area contributed by atoms with E-state index in [2.05, 4.69) is 0 Å². The van der Waals surface area contributed by atoms with Crippen LogP contribution in [0.2, 0.25) is 0 Å². The molecule has 0 atom stereocenters. The molecule has 4 heteroatoms. The number of halogens is 2. The van der Waals surface area contributed by atoms with E-state index in [-0.39, 0.29) is 13.0 Å². The highest BCUT2D eigenvalue weighted by atomic mass is 19.3. The molecule has 1 heterocycles. The third-order valence-corrected chi connectivity index (χ3v) is 2.81. The molecule has 0 amide bonds. The molecule has 0 radical (unpaired) electrons. The molecule has 0 saturated carbocycles. The Kier molecular flexibility index (Phi) is 2.99. The molecule has 1 aromatic carbocycles. The first-order valence-electron chi connectivity index (χ1n) is 5.37. The van der Waals surface area contributed by atoms with E-state index in [0.29, 0.717) is 18.7 Å². The minimum absolute atomic E-state index is 0.00648. The molecule has 1 fully saturated rings. The SMILES string of the molecule is COc1cccc(N2CCCC(F)(F)C2)c1. The summed E-state index contributed by atoms with van der Waals surface area (Å²) in [5.74, 6) is -1.87. The molecule has 0 spiro atoms. The second kappa shape index (κ2) is 4.28. The van der Waals surface area contributed by atoms with Crippen LogP contribution >= 0.6 is 0 Å². The number of anilines is 1. The van der Waals surface area contributed by atoms with Gasteiger partial charge in [-0.1, -0.05) is 6.07 Å². The third kappa shape index (κ3) is 2.43. The summed E-state index contributed by atoms with van der Waals surface area (Å²) in [7, 11) is 1.57. The zero-order valence-corrected chi connectivity index (χ0v) is 9.25. The number of alkyl halides is 2. The predicted octanol–water partition coefficient (Wildman–Crippen LogP) is 2.93. The van der Waals surface area contributed by atoms with Gasteiger partial charge in [-0.25, -0.2) is 8.78 Å². The van der Waals surface area contributed by atoms with Crippen molar-refractivity contribution in [2.75, 3.05) is 25.1 Å². The van der Waals surface area contributed by atoms with E-state index in [9.17, 15) is 8.78 Å². The van der Waals surface area contributed by atoms with E-state index in [1.54, 1.807) is 18.1 Å². The molecule has 2 nitrogen and oxygen atoms in total. The van der Waals surface area contributed by atoms with Crippen molar-refractivity contribution in [1.29, 1.82) is 0 Å². The maximum absolute atomic E-state index is 13.2. The van der Waals surface area contributed by atoms with Gasteiger partial charge in [-0.05, 0) is 18.6 Å². The van der Waals surface area contributed by atoms with Gasteiger partial charge in [0, 0.05) is 24.7 Å². The number of hydrogen-bond acceptors (Lipinski definition) is 2. The van der Waals surface area contributed by atoms with E-state index in [4.69, 9.17) is 4.74 Å². The van der Waals surface area contributed by atoms with Crippen LogP contribution in [0, 0.1) is 0 Å². The Morgan fingerprint density at radius 3 is 2.88 bits per heavy atom. The normalized spacial score (nSPS) is 19.6. The number of ether oxygens (including phenoxy) is 1. The fourth-order valence-corrected chi connectivity index (χ4v) is 1.99. The summed E-state index contributed by atoms with van der Waals surface area (Å²) < 4.78 is 31.6. The fourth-order valence-electron chi connectivity index (χ4n) is 1.99. The van der Waals surface area contributed by atoms with Crippen molar-refractivity contribution < 1.29 is 13.5 Å². The van der Waals surface area contributed by atoms with Gasteiger partial charge in [0.25, 0.3) is 5.92 Å². The van der Waals surface area contributed by atoms with E-state index < -0.39 is 5.92 Å². The number of piperidine rings is 1. The molecule has 1 aliphatic rings. The molecule has 2 rings (SSSR count). The Bertz CT molecular complexity index is 368. The average Bonchev–Trinajstić information content (AvgIpc) is 2.28. The number of hydrogen-bond donors (Lipinski definition) is 0. The minimum atomic E-state index is -2.57. The van der Waals surface area contributed by atoms with Crippen LogP contribution < -0.4 is 9.64 Å². The van der Waals surface area contributed by atoms with Crippen LogP contribution in [0.25, 0.3) is 0 Å². The summed E-state index contributed by atoms with van der Waals surface area (Å²) in [5, 5.41) is 0. The lowest BCUT2D eigenvalue weighted by Gasteiger charge is -2.34. The van der Waals surface area contributed by atoms with E-state index in [0.717, 1.165) is 5.69 Å². The molecular weight excluding hydrogens is 212 g/mol. The van der Waals surface area contributed by atoms with Crippen LogP contribution in [0.3, 0.4) is 0 Å². The van der Waals surface area contributed by atoms with Gasteiger partial charge in [0.15, 0.2) is 0 Å². The monoisotopic (exact) mass is 227 g/mol. The summed E-state index contributed by atoms with van der Waals surface area (Å²) in [4.78, 5) is 1.71. The number of benzene rings is 1. The second-order valence-corrected chi connectivity index (χ2v) is 4.08. The number of nitrogens with zero attached hydrogens (tertiary/aromatic N) is 1. The van der Waals surface area contributed by atoms with Gasteiger partial charge in [0.05, 0.1) is 13.7 Å². The van der Waals surface area contributed by atoms with Crippen molar-refractivity contribution in [3.8, 4) is 5.75 Å². The highest BCUT2D eigenvalue weighted by Crippen LogP contribution is 2.31. The zero-order valence-electron chi connectivity index (χ0n) is 9.25. The molecule has 0 N–H and O–H groups in total. The first-order valence-corrected chi connectivity index (χ1v) is 5.37. The Morgan fingerprint density at radius 1 is 1.38 bits per heavy atom. The molecule has 1 saturated heterocycles. The van der Waals surface area contributed by atoms with E-state index >= 15 is 0 Å². The zero-order chi connectivity index (χ0) is 11.6. The molecule has 0 bridgehead atoms. The molecule has 16 heavy (non-hydrogen) atoms. The summed E-state index contributed by atoms with van der Waals surface area (Å²) >= 11 is 0. The quantitative estimate of drug-likeness (QED) is 0.770. The minimum Gasteiger partial charge on any atom is -0.497 e. The van der Waals surface area contributed by atoms with Gasteiger partial charge >= 0.3 is 0 Å². The standard InChI is InChI=1S/C12H15F2NO/c1-16-11-5-2-4-10(8-11)15-7-3-6-12(13,14)9-15/h2,4-5,8H,3,6-7,9H2,1H3. The van der Waals surface area contributed by atoms with Crippen LogP contribution in [-0.2, 0) is 0 Å². The van der Waals surface area contributed by atoms with E-state index in [1.807, 2.05) is 18.2 Å². The van der Waals surface area contributed by atoms with Crippen LogP contribution in [-0.4, -0.2) is 26.1 Å². The molecule has 88 valence electrons. The lowest BCUT2D eigenvalue weighted by Crippen LogP contribution is -2.42. The predicted molar refractivity (Wildman–Crippen MR) is 59.4 cm³/mol. The molecular formula is C12H15F2NO. The Morgan fingerprint density at radius 2 is 2.19 bits per heavy atom. The van der Waals surface area contributed by atoms with Gasteiger partial charge in [-0.15, -0.1) is 0 Å². The lowest BCUT2D eigenvalue weighted by molar-refractivity contribution is -0.0116. The van der Waals surface area contributed by atoms with Crippen molar-refractivity contribution in [1.82, 2.24) is 0 Å². The lowest BCUT2D eigenvalue weighted by atomic mass is 10.1. The smallest absolute Gasteiger partial charge is 0.265 e. The topological polar surface area (TPSA) is 12.5 Å². The first-order chi connectivity index (χ1) is 7.61. The third-order valence-electron chi connectivity index (χ3n) is 2.81. The average molecular weight is 227 g/mol. The van der Waals surface area contributed by atoms with Crippen molar-refractivity contribution in [2.45, 2.75) is 18.8 Å². The van der Waals surface area contributed by atoms with Crippen LogP contribution in [0.4, 0.5) is 14.5 Å². The molecule has 0 aliphatic carbocycles. The van der Waals surface area contributed by atoms with Crippen LogP contribution in [0.1, 0.15) is 12.8 Å². The largest absolute Gasteiger partial charge is 0.497 e. The van der Waals surface area contributed by atoms with Crippen molar-refractivity contribution >= 4 is 5.69 Å². The number of methoxy groups -OCH3 is 1. The fraction of sp³-hybridized carbons (Fsp3) is 0.500. The Labute approximate surface area is 93.8 Å². The maximum Gasteiger partial charge on any atom is 0.265 e. The van der Waals surface area contributed by atoms with Gasteiger partial charge in [0.2, 0.25) is 0 Å². The van der Waals surface area contributed by atoms with Crippen molar-refractivity contribution in [3.63, 3.8) is 0 Å². The van der Waals surface area contributed by atoms with E-state index in [1.165, 1.54) is 0 Å². The maximum atomic E-state index is 13.2. The number of rotatable bonds is 2. The van der Waals surface area contributed by atoms with Crippen molar-refractivity contribution in [2.24, 2.45) is 0 Å². The highest BCUT2D eigenvalue weighted by Gasteiger charge is 2.35.